The van der Waals surface area contributed by atoms with E-state index in [1.807, 2.05) is 0 Å². The van der Waals surface area contributed by atoms with Gasteiger partial charge in [0.05, 0.1) is 5.97 Å². The van der Waals surface area contributed by atoms with Gasteiger partial charge in [-0.25, -0.2) is 0 Å². The van der Waals surface area contributed by atoms with Crippen LogP contribution in [-0.2, 0) is 4.79 Å². The van der Waals surface area contributed by atoms with Crippen molar-refractivity contribution >= 4 is 5.97 Å². The maximum atomic E-state index is 11.0. The normalized spacial score (nSPS) is 12.5. The molecule has 1 atom stereocenters. The monoisotopic (exact) mass is 375 g/mol. The summed E-state index contributed by atoms with van der Waals surface area (Å²) in [4.78, 5) is 12.7. The molecule has 148 valence electrons. The van der Waals surface area contributed by atoms with E-state index in [2.05, 4.69) is 19.1 Å². The van der Waals surface area contributed by atoms with E-state index in [0.717, 1.165) is 12.8 Å². The number of allylic oxidation sites excluding steroid dienone is 2. The number of carbonyl (C=O) groups excluding carboxylic acids is 1. The molecule has 0 radical (unpaired) electrons. The Balaban J connectivity index is 0. The number of carbonyl (C=O) groups is 1. The molecule has 3 nitrogen and oxygen atoms in total. The summed E-state index contributed by atoms with van der Waals surface area (Å²) in [6.07, 6.45) is 23.3. The van der Waals surface area contributed by atoms with Gasteiger partial charge in [-0.3, -0.25) is 0 Å². The Hall–Kier alpha value is 0.170. The van der Waals surface area contributed by atoms with Crippen LogP contribution in [0, 0.1) is 0 Å². The molecule has 0 heterocycles. The average molecular weight is 376 g/mol. The van der Waals surface area contributed by atoms with E-state index in [1.165, 1.54) is 77.0 Å². The van der Waals surface area contributed by atoms with Crippen molar-refractivity contribution in [2.45, 2.75) is 109 Å². The van der Waals surface area contributed by atoms with Crippen LogP contribution >= 0.6 is 0 Å². The van der Waals surface area contributed by atoms with Gasteiger partial charge in [0.25, 0.3) is 0 Å². The van der Waals surface area contributed by atoms with E-state index >= 15 is 0 Å². The van der Waals surface area contributed by atoms with Crippen molar-refractivity contribution < 1.29 is 39.5 Å². The first kappa shape index (κ1) is 28.4. The Labute approximate surface area is 185 Å². The van der Waals surface area contributed by atoms with Gasteiger partial charge in [-0.05, 0) is 46.2 Å². The molecule has 0 aromatic rings. The third-order valence-electron chi connectivity index (χ3n) is 4.88. The van der Waals surface area contributed by atoms with Gasteiger partial charge in [-0.2, -0.15) is 0 Å². The van der Waals surface area contributed by atoms with Crippen molar-refractivity contribution in [2.24, 2.45) is 0 Å². The molecular weight excluding hydrogens is 333 g/mol. The van der Waals surface area contributed by atoms with Gasteiger partial charge in [-0.1, -0.05) is 83.3 Å². The van der Waals surface area contributed by atoms with Gasteiger partial charge in [0, 0.05) is 6.04 Å². The zero-order chi connectivity index (χ0) is 18.8. The van der Waals surface area contributed by atoms with E-state index in [0.29, 0.717) is 6.42 Å². The van der Waals surface area contributed by atoms with Crippen LogP contribution in [0.2, 0.25) is 0 Å². The van der Waals surface area contributed by atoms with Crippen molar-refractivity contribution in [1.29, 1.82) is 0 Å². The smallest absolute Gasteiger partial charge is 0.548 e. The van der Waals surface area contributed by atoms with Gasteiger partial charge in [0.15, 0.2) is 0 Å². The fourth-order valence-corrected chi connectivity index (χ4v) is 3.17. The third kappa shape index (κ3) is 18.9. The molecule has 0 aliphatic heterocycles. The summed E-state index contributed by atoms with van der Waals surface area (Å²) in [6.45, 7) is 2.26. The molecule has 0 amide bonds. The van der Waals surface area contributed by atoms with E-state index in [-0.39, 0.29) is 29.6 Å². The van der Waals surface area contributed by atoms with Gasteiger partial charge >= 0.3 is 29.6 Å². The summed E-state index contributed by atoms with van der Waals surface area (Å²) in [6, 6.07) is -0.434. The molecule has 1 unspecified atom stereocenters. The molecule has 0 rings (SSSR count). The standard InChI is InChI=1S/C22H43NO2.Na/c1-4-5-6-7-8-9-10-11-12-13-14-15-16-17-18-19-20-21(22(24)25)23(2)3;/h11-12,21H,4-10,13-20H2,1-3H3,(H,24,25);/q;+1/p-1/b12-11-;. The zero-order valence-electron chi connectivity index (χ0n) is 18.1. The van der Waals surface area contributed by atoms with Crippen LogP contribution in [0.5, 0.6) is 0 Å². The Morgan fingerprint density at radius 3 is 1.65 bits per heavy atom. The molecule has 4 heteroatoms. The summed E-state index contributed by atoms with van der Waals surface area (Å²) in [5, 5.41) is 11.0. The molecule has 0 bridgehead atoms. The molecule has 0 saturated heterocycles. The fraction of sp³-hybridized carbons (Fsp3) is 0.864. The van der Waals surface area contributed by atoms with Gasteiger partial charge in [-0.15, -0.1) is 0 Å². The second-order valence-electron chi connectivity index (χ2n) is 7.52. The minimum atomic E-state index is -0.947. The number of hydrogen-bond acceptors (Lipinski definition) is 3. The molecule has 0 aromatic carbocycles. The molecule has 26 heavy (non-hydrogen) atoms. The van der Waals surface area contributed by atoms with Crippen LogP contribution in [-0.4, -0.2) is 31.0 Å². The number of hydrogen-bond donors (Lipinski definition) is 0. The summed E-state index contributed by atoms with van der Waals surface area (Å²) in [5.41, 5.74) is 0. The Kier molecular flexibility index (Phi) is 23.4. The topological polar surface area (TPSA) is 43.4 Å². The molecule has 0 aromatic heterocycles. The van der Waals surface area contributed by atoms with E-state index in [9.17, 15) is 9.90 Å². The van der Waals surface area contributed by atoms with Crippen LogP contribution in [0.4, 0.5) is 0 Å². The number of nitrogens with zero attached hydrogens (tertiary/aromatic N) is 1. The second kappa shape index (κ2) is 21.5. The number of carboxylic acids is 1. The average Bonchev–Trinajstić information content (AvgIpc) is 2.57. The Bertz CT molecular complexity index is 332. The Morgan fingerprint density at radius 2 is 1.23 bits per heavy atom. The van der Waals surface area contributed by atoms with Crippen LogP contribution in [0.3, 0.4) is 0 Å². The predicted molar refractivity (Wildman–Crippen MR) is 107 cm³/mol. The van der Waals surface area contributed by atoms with Crippen LogP contribution in [0.15, 0.2) is 12.2 Å². The minimum absolute atomic E-state index is 0. The fourth-order valence-electron chi connectivity index (χ4n) is 3.17. The SMILES string of the molecule is CCCCCCCC/C=C\CCCCCCCCC(C(=O)[O-])N(C)C.[Na+]. The van der Waals surface area contributed by atoms with E-state index in [1.54, 1.807) is 19.0 Å². The summed E-state index contributed by atoms with van der Waals surface area (Å²) >= 11 is 0. The summed E-state index contributed by atoms with van der Waals surface area (Å²) in [7, 11) is 3.61. The molecular formula is C22H42NNaO2. The van der Waals surface area contributed by atoms with Crippen molar-refractivity contribution in [3.8, 4) is 0 Å². The minimum Gasteiger partial charge on any atom is -0.548 e. The number of rotatable bonds is 18. The maximum absolute atomic E-state index is 11.0. The number of unbranched alkanes of at least 4 members (excludes halogenated alkanes) is 12. The second-order valence-corrected chi connectivity index (χ2v) is 7.52. The van der Waals surface area contributed by atoms with Crippen molar-refractivity contribution in [3.63, 3.8) is 0 Å². The first-order valence-corrected chi connectivity index (χ1v) is 10.6. The van der Waals surface area contributed by atoms with Gasteiger partial charge < -0.3 is 14.8 Å². The van der Waals surface area contributed by atoms with Crippen molar-refractivity contribution in [1.82, 2.24) is 4.90 Å². The first-order chi connectivity index (χ1) is 12.1. The molecule has 0 fully saturated rings. The summed E-state index contributed by atoms with van der Waals surface area (Å²) < 4.78 is 0. The maximum Gasteiger partial charge on any atom is 1.00 e. The van der Waals surface area contributed by atoms with E-state index in [4.69, 9.17) is 0 Å². The van der Waals surface area contributed by atoms with Crippen LogP contribution < -0.4 is 34.7 Å². The molecule has 0 aliphatic rings. The zero-order valence-corrected chi connectivity index (χ0v) is 20.1. The quantitative estimate of drug-likeness (QED) is 0.209. The third-order valence-corrected chi connectivity index (χ3v) is 4.88. The Morgan fingerprint density at radius 1 is 0.808 bits per heavy atom. The predicted octanol–water partition coefficient (Wildman–Crippen LogP) is 2.10. The number of carboxylic acid groups (broad SMARTS) is 1. The van der Waals surface area contributed by atoms with Crippen molar-refractivity contribution in [3.05, 3.63) is 12.2 Å². The molecule has 0 N–H and O–H groups in total. The number of likely N-dealkylation sites (N-methyl/N-ethyl adjacent to an activating group) is 1. The van der Waals surface area contributed by atoms with Crippen LogP contribution in [0.25, 0.3) is 0 Å². The summed E-state index contributed by atoms with van der Waals surface area (Å²) in [5.74, 6) is -0.947. The number of aliphatic carboxylic acids is 1. The van der Waals surface area contributed by atoms with E-state index < -0.39 is 12.0 Å². The van der Waals surface area contributed by atoms with Crippen LogP contribution in [0.1, 0.15) is 103 Å². The largest absolute Gasteiger partial charge is 1.00 e. The first-order valence-electron chi connectivity index (χ1n) is 10.6. The molecule has 0 spiro atoms. The van der Waals surface area contributed by atoms with Crippen molar-refractivity contribution in [2.75, 3.05) is 14.1 Å². The van der Waals surface area contributed by atoms with Gasteiger partial charge in [0.2, 0.25) is 0 Å². The molecule has 0 aliphatic carbocycles. The van der Waals surface area contributed by atoms with Gasteiger partial charge in [0.1, 0.15) is 0 Å². The molecule has 0 saturated carbocycles.